The van der Waals surface area contributed by atoms with Crippen molar-refractivity contribution < 1.29 is 14.3 Å². The number of piperidine rings is 1. The van der Waals surface area contributed by atoms with Crippen LogP contribution in [0.4, 0.5) is 4.79 Å². The Morgan fingerprint density at radius 3 is 2.22 bits per heavy atom. The van der Waals surface area contributed by atoms with Crippen LogP contribution < -0.4 is 5.32 Å². The van der Waals surface area contributed by atoms with E-state index in [-0.39, 0.29) is 17.4 Å². The third-order valence-electron chi connectivity index (χ3n) is 5.02. The van der Waals surface area contributed by atoms with Crippen LogP contribution in [-0.2, 0) is 14.9 Å². The highest BCUT2D eigenvalue weighted by Crippen LogP contribution is 2.24. The first-order chi connectivity index (χ1) is 12.6. The molecule has 150 valence electrons. The molecular formula is C22H34N2O3. The van der Waals surface area contributed by atoms with Crippen LogP contribution in [0.5, 0.6) is 0 Å². The quantitative estimate of drug-likeness (QED) is 0.843. The number of nitrogens with one attached hydrogen (secondary N) is 1. The van der Waals surface area contributed by atoms with Gasteiger partial charge in [-0.05, 0) is 45.1 Å². The second-order valence-corrected chi connectivity index (χ2v) is 9.14. The molecule has 5 heteroatoms. The second-order valence-electron chi connectivity index (χ2n) is 9.14. The molecule has 1 aromatic rings. The highest BCUT2D eigenvalue weighted by atomic mass is 16.6. The summed E-state index contributed by atoms with van der Waals surface area (Å²) in [6, 6.07) is 10.2. The largest absolute Gasteiger partial charge is 0.444 e. The lowest BCUT2D eigenvalue weighted by Crippen LogP contribution is -2.43. The molecule has 2 amide bonds. The van der Waals surface area contributed by atoms with Crippen molar-refractivity contribution in [3.63, 3.8) is 0 Å². The van der Waals surface area contributed by atoms with E-state index in [0.717, 1.165) is 12.8 Å². The number of hydrogen-bond acceptors (Lipinski definition) is 3. The summed E-state index contributed by atoms with van der Waals surface area (Å²) in [6.45, 7) is 11.8. The Balaban J connectivity index is 1.74. The van der Waals surface area contributed by atoms with Gasteiger partial charge in [0.25, 0.3) is 0 Å². The van der Waals surface area contributed by atoms with Gasteiger partial charge in [-0.1, -0.05) is 44.2 Å². The van der Waals surface area contributed by atoms with E-state index in [1.165, 1.54) is 5.56 Å². The number of benzene rings is 1. The zero-order valence-corrected chi connectivity index (χ0v) is 17.4. The van der Waals surface area contributed by atoms with Crippen LogP contribution >= 0.6 is 0 Å². The Kier molecular flexibility index (Phi) is 6.90. The van der Waals surface area contributed by atoms with Gasteiger partial charge < -0.3 is 15.0 Å². The monoisotopic (exact) mass is 374 g/mol. The summed E-state index contributed by atoms with van der Waals surface area (Å²) in [6.07, 6.45) is 1.95. The number of rotatable bonds is 5. The maximum atomic E-state index is 12.4. The molecule has 0 unspecified atom stereocenters. The highest BCUT2D eigenvalue weighted by molar-refractivity contribution is 5.76. The van der Waals surface area contributed by atoms with Gasteiger partial charge in [-0.15, -0.1) is 0 Å². The van der Waals surface area contributed by atoms with Crippen LogP contribution in [0.1, 0.15) is 59.4 Å². The van der Waals surface area contributed by atoms with Crippen molar-refractivity contribution in [2.24, 2.45) is 5.92 Å². The average Bonchev–Trinajstić information content (AvgIpc) is 2.60. The van der Waals surface area contributed by atoms with E-state index in [0.29, 0.717) is 32.0 Å². The maximum Gasteiger partial charge on any atom is 0.410 e. The Morgan fingerprint density at radius 2 is 1.67 bits per heavy atom. The molecule has 1 aromatic carbocycles. The van der Waals surface area contributed by atoms with Crippen LogP contribution in [0.2, 0.25) is 0 Å². The molecule has 2 rings (SSSR count). The lowest BCUT2D eigenvalue weighted by molar-refractivity contribution is -0.122. The number of amides is 2. The number of carbonyl (C=O) groups is 2. The van der Waals surface area contributed by atoms with Gasteiger partial charge >= 0.3 is 6.09 Å². The maximum absolute atomic E-state index is 12.4. The molecule has 1 saturated heterocycles. The number of ether oxygens (including phenoxy) is 1. The van der Waals surface area contributed by atoms with Gasteiger partial charge in [0.15, 0.2) is 0 Å². The minimum Gasteiger partial charge on any atom is -0.444 e. The van der Waals surface area contributed by atoms with Crippen molar-refractivity contribution in [3.8, 4) is 0 Å². The summed E-state index contributed by atoms with van der Waals surface area (Å²) in [7, 11) is 0. The summed E-state index contributed by atoms with van der Waals surface area (Å²) in [4.78, 5) is 26.2. The zero-order chi connectivity index (χ0) is 20.1. The van der Waals surface area contributed by atoms with E-state index in [1.807, 2.05) is 39.0 Å². The first kappa shape index (κ1) is 21.3. The number of likely N-dealkylation sites (tertiary alicyclic amines) is 1. The average molecular weight is 375 g/mol. The molecule has 0 radical (unpaired) electrons. The molecule has 0 aliphatic carbocycles. The summed E-state index contributed by atoms with van der Waals surface area (Å²) < 4.78 is 5.42. The Bertz CT molecular complexity index is 627. The predicted molar refractivity (Wildman–Crippen MR) is 108 cm³/mol. The van der Waals surface area contributed by atoms with Crippen LogP contribution in [0.25, 0.3) is 0 Å². The number of carbonyl (C=O) groups excluding carboxylic acids is 2. The molecule has 0 spiro atoms. The standard InChI is InChI=1S/C22H34N2O3/c1-21(2,3)27-20(26)24-13-11-17(12-14-24)15-19(25)23-16-22(4,5)18-9-7-6-8-10-18/h6-10,17H,11-16H2,1-5H3,(H,23,25). The van der Waals surface area contributed by atoms with Gasteiger partial charge in [0.2, 0.25) is 5.91 Å². The van der Waals surface area contributed by atoms with Gasteiger partial charge in [-0.2, -0.15) is 0 Å². The predicted octanol–water partition coefficient (Wildman–Crippen LogP) is 4.12. The topological polar surface area (TPSA) is 58.6 Å². The lowest BCUT2D eigenvalue weighted by atomic mass is 9.84. The molecule has 1 heterocycles. The number of nitrogens with zero attached hydrogens (tertiary/aromatic N) is 1. The molecule has 0 aromatic heterocycles. The highest BCUT2D eigenvalue weighted by Gasteiger charge is 2.28. The molecule has 0 bridgehead atoms. The third kappa shape index (κ3) is 6.89. The normalized spacial score (nSPS) is 16.1. The fourth-order valence-electron chi connectivity index (χ4n) is 3.29. The van der Waals surface area contributed by atoms with Crippen molar-refractivity contribution in [2.45, 2.75) is 64.9 Å². The summed E-state index contributed by atoms with van der Waals surface area (Å²) in [5.41, 5.74) is 0.645. The van der Waals surface area contributed by atoms with E-state index in [9.17, 15) is 9.59 Å². The fourth-order valence-corrected chi connectivity index (χ4v) is 3.29. The van der Waals surface area contributed by atoms with Crippen LogP contribution in [0.3, 0.4) is 0 Å². The van der Waals surface area contributed by atoms with Crippen molar-refractivity contribution in [1.29, 1.82) is 0 Å². The van der Waals surface area contributed by atoms with Crippen LogP contribution in [-0.4, -0.2) is 42.1 Å². The van der Waals surface area contributed by atoms with Crippen LogP contribution in [0.15, 0.2) is 30.3 Å². The van der Waals surface area contributed by atoms with Crippen molar-refractivity contribution in [2.75, 3.05) is 19.6 Å². The summed E-state index contributed by atoms with van der Waals surface area (Å²) in [5.74, 6) is 0.415. The lowest BCUT2D eigenvalue weighted by Gasteiger charge is -2.33. The Morgan fingerprint density at radius 1 is 1.07 bits per heavy atom. The van der Waals surface area contributed by atoms with E-state index in [4.69, 9.17) is 4.74 Å². The molecule has 0 atom stereocenters. The molecule has 1 aliphatic rings. The smallest absolute Gasteiger partial charge is 0.410 e. The molecular weight excluding hydrogens is 340 g/mol. The molecule has 1 N–H and O–H groups in total. The first-order valence-corrected chi connectivity index (χ1v) is 9.87. The molecule has 0 saturated carbocycles. The summed E-state index contributed by atoms with van der Waals surface area (Å²) >= 11 is 0. The van der Waals surface area contributed by atoms with Crippen molar-refractivity contribution in [3.05, 3.63) is 35.9 Å². The summed E-state index contributed by atoms with van der Waals surface area (Å²) in [5, 5.41) is 3.09. The molecule has 27 heavy (non-hydrogen) atoms. The Hall–Kier alpha value is -2.04. The molecule has 1 aliphatic heterocycles. The van der Waals surface area contributed by atoms with Gasteiger partial charge in [0.1, 0.15) is 5.60 Å². The van der Waals surface area contributed by atoms with Gasteiger partial charge in [-0.25, -0.2) is 4.79 Å². The van der Waals surface area contributed by atoms with E-state index in [2.05, 4.69) is 31.3 Å². The fraction of sp³-hybridized carbons (Fsp3) is 0.636. The van der Waals surface area contributed by atoms with Crippen molar-refractivity contribution in [1.82, 2.24) is 10.2 Å². The Labute approximate surface area is 163 Å². The van der Waals surface area contributed by atoms with Gasteiger partial charge in [0, 0.05) is 31.5 Å². The van der Waals surface area contributed by atoms with Gasteiger partial charge in [-0.3, -0.25) is 4.79 Å². The minimum atomic E-state index is -0.473. The third-order valence-corrected chi connectivity index (χ3v) is 5.02. The zero-order valence-electron chi connectivity index (χ0n) is 17.4. The van der Waals surface area contributed by atoms with Crippen LogP contribution in [0, 0.1) is 5.92 Å². The van der Waals surface area contributed by atoms with Crippen molar-refractivity contribution >= 4 is 12.0 Å². The van der Waals surface area contributed by atoms with E-state index < -0.39 is 5.60 Å². The number of hydrogen-bond donors (Lipinski definition) is 1. The van der Waals surface area contributed by atoms with E-state index >= 15 is 0 Å². The molecule has 5 nitrogen and oxygen atoms in total. The second kappa shape index (κ2) is 8.77. The van der Waals surface area contributed by atoms with E-state index in [1.54, 1.807) is 4.90 Å². The van der Waals surface area contributed by atoms with Gasteiger partial charge in [0.05, 0.1) is 0 Å². The minimum absolute atomic E-state index is 0.0923. The SMILES string of the molecule is CC(C)(C)OC(=O)N1CCC(CC(=O)NCC(C)(C)c2ccccc2)CC1. The first-order valence-electron chi connectivity index (χ1n) is 9.87. The molecule has 1 fully saturated rings.